The average Bonchev–Trinajstić information content (AvgIpc) is 2.85. The largest absolute Gasteiger partial charge is 0.376 e. The number of hydrogen-bond donors (Lipinski definition) is 1. The molecule has 0 aromatic heterocycles. The Balaban J connectivity index is 1.85. The first-order valence-electron chi connectivity index (χ1n) is 5.90. The lowest BCUT2D eigenvalue weighted by Gasteiger charge is -2.11. The van der Waals surface area contributed by atoms with Crippen molar-refractivity contribution >= 4 is 6.21 Å². The lowest BCUT2D eigenvalue weighted by atomic mass is 10.1. The van der Waals surface area contributed by atoms with Crippen molar-refractivity contribution in [1.29, 1.82) is 0 Å². The smallest absolute Gasteiger partial charge is 0.0809 e. The Morgan fingerprint density at radius 1 is 1.47 bits per heavy atom. The number of ether oxygens (including phenoxy) is 2. The van der Waals surface area contributed by atoms with E-state index in [9.17, 15) is 0 Å². The van der Waals surface area contributed by atoms with Crippen molar-refractivity contribution in [3.8, 4) is 0 Å². The summed E-state index contributed by atoms with van der Waals surface area (Å²) in [6, 6.07) is 7.94. The average molecular weight is 234 g/mol. The van der Waals surface area contributed by atoms with Crippen LogP contribution in [0.2, 0.25) is 0 Å². The molecule has 1 aliphatic heterocycles. The molecular formula is C13H18N2O2. The van der Waals surface area contributed by atoms with Crippen LogP contribution in [0.25, 0.3) is 0 Å². The lowest BCUT2D eigenvalue weighted by molar-refractivity contribution is 0.0106. The van der Waals surface area contributed by atoms with Crippen molar-refractivity contribution in [2.24, 2.45) is 10.9 Å². The molecule has 1 aromatic carbocycles. The van der Waals surface area contributed by atoms with E-state index in [0.29, 0.717) is 13.2 Å². The van der Waals surface area contributed by atoms with Gasteiger partial charge in [0.05, 0.1) is 25.5 Å². The Bertz CT molecular complexity index is 373. The molecule has 1 fully saturated rings. The first-order valence-corrected chi connectivity index (χ1v) is 5.90. The van der Waals surface area contributed by atoms with Crippen molar-refractivity contribution in [1.82, 2.24) is 0 Å². The predicted octanol–water partition coefficient (Wildman–Crippen LogP) is 1.67. The summed E-state index contributed by atoms with van der Waals surface area (Å²) < 4.78 is 11.2. The van der Waals surface area contributed by atoms with E-state index < -0.39 is 0 Å². The maximum absolute atomic E-state index is 5.66. The molecule has 92 valence electrons. The SMILES string of the molecule is NN=Cc1ccccc1COCC1CCCO1. The van der Waals surface area contributed by atoms with E-state index in [2.05, 4.69) is 5.10 Å². The maximum Gasteiger partial charge on any atom is 0.0809 e. The van der Waals surface area contributed by atoms with Gasteiger partial charge in [0, 0.05) is 6.61 Å². The second-order valence-electron chi connectivity index (χ2n) is 4.13. The molecule has 1 aliphatic rings. The summed E-state index contributed by atoms with van der Waals surface area (Å²) in [5.74, 6) is 5.17. The topological polar surface area (TPSA) is 56.8 Å². The fourth-order valence-corrected chi connectivity index (χ4v) is 1.95. The van der Waals surface area contributed by atoms with Crippen molar-refractivity contribution in [3.63, 3.8) is 0 Å². The molecule has 0 bridgehead atoms. The standard InChI is InChI=1S/C13H18N2O2/c14-15-8-11-4-1-2-5-12(11)9-16-10-13-6-3-7-17-13/h1-2,4-5,8,13H,3,6-7,9-10,14H2. The Labute approximate surface area is 101 Å². The minimum absolute atomic E-state index is 0.269. The fraction of sp³-hybridized carbons (Fsp3) is 0.462. The van der Waals surface area contributed by atoms with Crippen LogP contribution >= 0.6 is 0 Å². The normalized spacial score (nSPS) is 20.1. The molecule has 2 N–H and O–H groups in total. The van der Waals surface area contributed by atoms with Gasteiger partial charge in [0.15, 0.2) is 0 Å². The molecule has 1 atom stereocenters. The van der Waals surface area contributed by atoms with Crippen LogP contribution in [0.1, 0.15) is 24.0 Å². The highest BCUT2D eigenvalue weighted by Crippen LogP contribution is 2.14. The Hall–Kier alpha value is -1.39. The Kier molecular flexibility index (Phi) is 4.53. The van der Waals surface area contributed by atoms with Gasteiger partial charge in [-0.3, -0.25) is 0 Å². The van der Waals surface area contributed by atoms with E-state index >= 15 is 0 Å². The van der Waals surface area contributed by atoms with Crippen LogP contribution in [0.3, 0.4) is 0 Å². The molecule has 1 saturated heterocycles. The van der Waals surface area contributed by atoms with Crippen molar-refractivity contribution in [3.05, 3.63) is 35.4 Å². The summed E-state index contributed by atoms with van der Waals surface area (Å²) in [6.07, 6.45) is 4.16. The number of hydrogen-bond acceptors (Lipinski definition) is 4. The monoisotopic (exact) mass is 234 g/mol. The second kappa shape index (κ2) is 6.37. The van der Waals surface area contributed by atoms with Crippen molar-refractivity contribution in [2.75, 3.05) is 13.2 Å². The van der Waals surface area contributed by atoms with Gasteiger partial charge >= 0.3 is 0 Å². The first-order chi connectivity index (χ1) is 8.40. The van der Waals surface area contributed by atoms with Crippen LogP contribution in [0.4, 0.5) is 0 Å². The van der Waals surface area contributed by atoms with Crippen LogP contribution in [0, 0.1) is 0 Å². The van der Waals surface area contributed by atoms with Gasteiger partial charge in [0.2, 0.25) is 0 Å². The summed E-state index contributed by atoms with van der Waals surface area (Å²) in [5, 5.41) is 3.55. The molecule has 17 heavy (non-hydrogen) atoms. The molecule has 0 spiro atoms. The van der Waals surface area contributed by atoms with Gasteiger partial charge in [0.1, 0.15) is 0 Å². The first kappa shape index (κ1) is 12.1. The van der Waals surface area contributed by atoms with E-state index in [0.717, 1.165) is 30.6 Å². The predicted molar refractivity (Wildman–Crippen MR) is 66.9 cm³/mol. The molecular weight excluding hydrogens is 216 g/mol. The minimum atomic E-state index is 0.269. The van der Waals surface area contributed by atoms with Gasteiger partial charge in [-0.25, -0.2) is 0 Å². The molecule has 1 unspecified atom stereocenters. The Morgan fingerprint density at radius 2 is 2.35 bits per heavy atom. The summed E-state index contributed by atoms with van der Waals surface area (Å²) in [5.41, 5.74) is 2.10. The van der Waals surface area contributed by atoms with Crippen LogP contribution in [-0.2, 0) is 16.1 Å². The zero-order chi connectivity index (χ0) is 11.9. The van der Waals surface area contributed by atoms with Crippen LogP contribution in [0.5, 0.6) is 0 Å². The van der Waals surface area contributed by atoms with E-state index in [4.69, 9.17) is 15.3 Å². The lowest BCUT2D eigenvalue weighted by Crippen LogP contribution is -2.14. The van der Waals surface area contributed by atoms with Crippen LogP contribution in [0.15, 0.2) is 29.4 Å². The zero-order valence-electron chi connectivity index (χ0n) is 9.84. The third kappa shape index (κ3) is 3.54. The number of hydrazone groups is 1. The van der Waals surface area contributed by atoms with Gasteiger partial charge in [-0.05, 0) is 24.0 Å². The molecule has 4 nitrogen and oxygen atoms in total. The molecule has 0 saturated carbocycles. The highest BCUT2D eigenvalue weighted by atomic mass is 16.5. The quantitative estimate of drug-likeness (QED) is 0.479. The van der Waals surface area contributed by atoms with Gasteiger partial charge in [0.25, 0.3) is 0 Å². The van der Waals surface area contributed by atoms with Gasteiger partial charge in [-0.2, -0.15) is 5.10 Å². The summed E-state index contributed by atoms with van der Waals surface area (Å²) in [7, 11) is 0. The molecule has 1 aromatic rings. The van der Waals surface area contributed by atoms with Crippen molar-refractivity contribution in [2.45, 2.75) is 25.6 Å². The number of benzene rings is 1. The van der Waals surface area contributed by atoms with Gasteiger partial charge < -0.3 is 15.3 Å². The van der Waals surface area contributed by atoms with Crippen LogP contribution in [-0.4, -0.2) is 25.5 Å². The molecule has 4 heteroatoms. The molecule has 2 rings (SSSR count). The number of rotatable bonds is 5. The van der Waals surface area contributed by atoms with E-state index in [1.165, 1.54) is 0 Å². The fourth-order valence-electron chi connectivity index (χ4n) is 1.95. The van der Waals surface area contributed by atoms with Crippen molar-refractivity contribution < 1.29 is 9.47 Å². The van der Waals surface area contributed by atoms with Gasteiger partial charge in [-0.15, -0.1) is 0 Å². The van der Waals surface area contributed by atoms with Gasteiger partial charge in [-0.1, -0.05) is 24.3 Å². The summed E-state index contributed by atoms with van der Waals surface area (Å²) in [6.45, 7) is 2.10. The number of nitrogens with zero attached hydrogens (tertiary/aromatic N) is 1. The minimum Gasteiger partial charge on any atom is -0.376 e. The summed E-state index contributed by atoms with van der Waals surface area (Å²) >= 11 is 0. The third-order valence-electron chi connectivity index (χ3n) is 2.85. The molecule has 1 heterocycles. The molecule has 0 amide bonds. The maximum atomic E-state index is 5.66. The van der Waals surface area contributed by atoms with E-state index in [1.807, 2.05) is 24.3 Å². The molecule has 0 aliphatic carbocycles. The summed E-state index contributed by atoms with van der Waals surface area (Å²) in [4.78, 5) is 0. The van der Waals surface area contributed by atoms with E-state index in [1.54, 1.807) is 6.21 Å². The second-order valence-corrected chi connectivity index (χ2v) is 4.13. The van der Waals surface area contributed by atoms with E-state index in [-0.39, 0.29) is 6.10 Å². The zero-order valence-corrected chi connectivity index (χ0v) is 9.84. The third-order valence-corrected chi connectivity index (χ3v) is 2.85. The highest BCUT2D eigenvalue weighted by molar-refractivity contribution is 5.81. The highest BCUT2D eigenvalue weighted by Gasteiger charge is 2.15. The Morgan fingerprint density at radius 3 is 3.12 bits per heavy atom. The van der Waals surface area contributed by atoms with Crippen LogP contribution < -0.4 is 5.84 Å². The molecule has 0 radical (unpaired) electrons. The number of nitrogens with two attached hydrogens (primary N) is 1.